The molecule has 0 unspecified atom stereocenters. The molecule has 0 spiro atoms. The van der Waals surface area contributed by atoms with Crippen molar-refractivity contribution < 1.29 is 18.8 Å². The molecule has 0 aliphatic heterocycles. The highest BCUT2D eigenvalue weighted by Gasteiger charge is 2.40. The standard InChI is InChI=1S/C19H38O4Si/c1-19(2,3)24(5,6)23-17(18(21)22-4)15-13-11-9-7-8-10-12-14-16-20/h16-17H,7-15H2,1-6H3/t17-/m1/s1. The van der Waals surface area contributed by atoms with Gasteiger partial charge in [-0.15, -0.1) is 0 Å². The van der Waals surface area contributed by atoms with Crippen molar-refractivity contribution in [1.82, 2.24) is 0 Å². The van der Waals surface area contributed by atoms with Crippen molar-refractivity contribution in [2.75, 3.05) is 7.11 Å². The number of methoxy groups -OCH3 is 1. The molecule has 0 aromatic carbocycles. The quantitative estimate of drug-likeness (QED) is 0.195. The molecule has 0 aliphatic rings. The lowest BCUT2D eigenvalue weighted by Gasteiger charge is -2.38. The molecule has 0 radical (unpaired) electrons. The van der Waals surface area contributed by atoms with Gasteiger partial charge in [-0.1, -0.05) is 59.3 Å². The molecule has 0 fully saturated rings. The van der Waals surface area contributed by atoms with Gasteiger partial charge < -0.3 is 14.0 Å². The Kier molecular flexibility index (Phi) is 11.5. The number of rotatable bonds is 13. The summed E-state index contributed by atoms with van der Waals surface area (Å²) in [4.78, 5) is 22.3. The lowest BCUT2D eigenvalue weighted by atomic mass is 10.1. The summed E-state index contributed by atoms with van der Waals surface area (Å²) in [6.45, 7) is 10.9. The number of carbonyl (C=O) groups is 2. The third kappa shape index (κ3) is 9.57. The van der Waals surface area contributed by atoms with Crippen LogP contribution >= 0.6 is 0 Å². The zero-order valence-electron chi connectivity index (χ0n) is 16.7. The first-order valence-corrected chi connectivity index (χ1v) is 12.3. The zero-order chi connectivity index (χ0) is 18.6. The summed E-state index contributed by atoms with van der Waals surface area (Å²) in [5.41, 5.74) is 0. The second-order valence-electron chi connectivity index (χ2n) is 8.11. The van der Waals surface area contributed by atoms with Gasteiger partial charge in [0.15, 0.2) is 8.32 Å². The smallest absolute Gasteiger partial charge is 0.333 e. The third-order valence-electron chi connectivity index (χ3n) is 5.00. The van der Waals surface area contributed by atoms with Gasteiger partial charge in [-0.3, -0.25) is 0 Å². The average molecular weight is 359 g/mol. The Morgan fingerprint density at radius 3 is 1.96 bits per heavy atom. The van der Waals surface area contributed by atoms with Crippen molar-refractivity contribution in [1.29, 1.82) is 0 Å². The molecule has 0 aromatic rings. The first kappa shape index (κ1) is 23.3. The normalized spacial score (nSPS) is 13.6. The van der Waals surface area contributed by atoms with Crippen LogP contribution < -0.4 is 0 Å². The highest BCUT2D eigenvalue weighted by Crippen LogP contribution is 2.37. The third-order valence-corrected chi connectivity index (χ3v) is 9.48. The van der Waals surface area contributed by atoms with Gasteiger partial charge >= 0.3 is 5.97 Å². The van der Waals surface area contributed by atoms with E-state index in [0.29, 0.717) is 6.42 Å². The van der Waals surface area contributed by atoms with Crippen LogP contribution in [0.4, 0.5) is 0 Å². The van der Waals surface area contributed by atoms with Crippen molar-refractivity contribution in [3.05, 3.63) is 0 Å². The van der Waals surface area contributed by atoms with Crippen LogP contribution in [0.3, 0.4) is 0 Å². The topological polar surface area (TPSA) is 52.6 Å². The maximum atomic E-state index is 12.0. The summed E-state index contributed by atoms with van der Waals surface area (Å²) in [7, 11) is -0.536. The second kappa shape index (κ2) is 11.8. The molecule has 5 heteroatoms. The van der Waals surface area contributed by atoms with E-state index in [-0.39, 0.29) is 11.0 Å². The van der Waals surface area contributed by atoms with Crippen molar-refractivity contribution >= 4 is 20.6 Å². The van der Waals surface area contributed by atoms with Crippen molar-refractivity contribution in [2.24, 2.45) is 0 Å². The Balaban J connectivity index is 4.14. The average Bonchev–Trinajstić information content (AvgIpc) is 2.50. The maximum absolute atomic E-state index is 12.0. The van der Waals surface area contributed by atoms with E-state index < -0.39 is 14.4 Å². The van der Waals surface area contributed by atoms with E-state index in [1.165, 1.54) is 26.4 Å². The van der Waals surface area contributed by atoms with Gasteiger partial charge in [-0.25, -0.2) is 4.79 Å². The Bertz CT molecular complexity index is 361. The summed E-state index contributed by atoms with van der Waals surface area (Å²) in [5, 5.41) is 0.0841. The molecule has 0 N–H and O–H groups in total. The molecule has 0 rings (SSSR count). The summed E-state index contributed by atoms with van der Waals surface area (Å²) in [6.07, 6.45) is 9.81. The van der Waals surface area contributed by atoms with Crippen LogP contribution in [0.15, 0.2) is 0 Å². The lowest BCUT2D eigenvalue weighted by Crippen LogP contribution is -2.46. The minimum absolute atomic E-state index is 0.0841. The summed E-state index contributed by atoms with van der Waals surface area (Å²) >= 11 is 0. The van der Waals surface area contributed by atoms with Crippen molar-refractivity contribution in [2.45, 2.75) is 103 Å². The van der Waals surface area contributed by atoms with Crippen molar-refractivity contribution in [3.63, 3.8) is 0 Å². The Labute approximate surface area is 149 Å². The number of hydrogen-bond acceptors (Lipinski definition) is 4. The zero-order valence-corrected chi connectivity index (χ0v) is 17.7. The fourth-order valence-electron chi connectivity index (χ4n) is 2.33. The molecule has 0 aromatic heterocycles. The highest BCUT2D eigenvalue weighted by molar-refractivity contribution is 6.74. The Hall–Kier alpha value is -0.683. The van der Waals surface area contributed by atoms with E-state index in [1.54, 1.807) is 0 Å². The van der Waals surface area contributed by atoms with E-state index >= 15 is 0 Å². The summed E-state index contributed by atoms with van der Waals surface area (Å²) in [5.74, 6) is -0.242. The van der Waals surface area contributed by atoms with Crippen LogP contribution in [0.1, 0.15) is 78.6 Å². The number of esters is 1. The number of carbonyl (C=O) groups excluding carboxylic acids is 2. The molecule has 0 heterocycles. The molecule has 1 atom stereocenters. The van der Waals surface area contributed by atoms with Gasteiger partial charge in [0.2, 0.25) is 0 Å². The van der Waals surface area contributed by atoms with E-state index in [0.717, 1.165) is 38.4 Å². The van der Waals surface area contributed by atoms with Gasteiger partial charge in [0.25, 0.3) is 0 Å². The van der Waals surface area contributed by atoms with Gasteiger partial charge in [0.1, 0.15) is 12.4 Å². The van der Waals surface area contributed by atoms with Crippen LogP contribution in [0, 0.1) is 0 Å². The van der Waals surface area contributed by atoms with Crippen LogP contribution in [0.5, 0.6) is 0 Å². The summed E-state index contributed by atoms with van der Waals surface area (Å²) < 4.78 is 11.2. The Morgan fingerprint density at radius 1 is 1.00 bits per heavy atom. The monoisotopic (exact) mass is 358 g/mol. The van der Waals surface area contributed by atoms with Gasteiger partial charge in [-0.05, 0) is 31.0 Å². The minimum Gasteiger partial charge on any atom is -0.467 e. The van der Waals surface area contributed by atoms with Gasteiger partial charge in [0.05, 0.1) is 7.11 Å². The Morgan fingerprint density at radius 2 is 1.50 bits per heavy atom. The van der Waals surface area contributed by atoms with Crippen LogP contribution in [0.2, 0.25) is 18.1 Å². The largest absolute Gasteiger partial charge is 0.467 e. The molecular formula is C19H38O4Si. The summed E-state index contributed by atoms with van der Waals surface area (Å²) in [6, 6.07) is 0. The lowest BCUT2D eigenvalue weighted by molar-refractivity contribution is -0.149. The first-order chi connectivity index (χ1) is 11.2. The van der Waals surface area contributed by atoms with E-state index in [2.05, 4.69) is 33.9 Å². The molecule has 0 saturated carbocycles. The highest BCUT2D eigenvalue weighted by atomic mass is 28.4. The minimum atomic E-state index is -1.97. The molecule has 4 nitrogen and oxygen atoms in total. The van der Waals surface area contributed by atoms with E-state index in [1.807, 2.05) is 0 Å². The number of hydrogen-bond donors (Lipinski definition) is 0. The van der Waals surface area contributed by atoms with E-state index in [4.69, 9.17) is 9.16 Å². The predicted molar refractivity (Wildman–Crippen MR) is 102 cm³/mol. The van der Waals surface area contributed by atoms with Gasteiger partial charge in [0, 0.05) is 6.42 Å². The molecule has 0 bridgehead atoms. The van der Waals surface area contributed by atoms with Gasteiger partial charge in [-0.2, -0.15) is 0 Å². The second-order valence-corrected chi connectivity index (χ2v) is 12.9. The fraction of sp³-hybridized carbons (Fsp3) is 0.895. The molecule has 24 heavy (non-hydrogen) atoms. The fourth-order valence-corrected chi connectivity index (χ4v) is 3.61. The predicted octanol–water partition coefficient (Wildman–Crippen LogP) is 5.26. The van der Waals surface area contributed by atoms with Crippen LogP contribution in [-0.2, 0) is 18.8 Å². The molecule has 0 aliphatic carbocycles. The van der Waals surface area contributed by atoms with Crippen LogP contribution in [-0.4, -0.2) is 33.8 Å². The SMILES string of the molecule is COC(=O)[C@@H](CCCCCCCCCC=O)O[Si](C)(C)C(C)(C)C. The maximum Gasteiger partial charge on any atom is 0.333 e. The van der Waals surface area contributed by atoms with Crippen molar-refractivity contribution in [3.8, 4) is 0 Å². The molecule has 0 amide bonds. The molecule has 0 saturated heterocycles. The number of aldehydes is 1. The first-order valence-electron chi connectivity index (χ1n) is 9.35. The van der Waals surface area contributed by atoms with E-state index in [9.17, 15) is 9.59 Å². The van der Waals surface area contributed by atoms with Crippen LogP contribution in [0.25, 0.3) is 0 Å². The number of ether oxygens (including phenoxy) is 1. The molecular weight excluding hydrogens is 320 g/mol. The molecule has 142 valence electrons. The number of unbranched alkanes of at least 4 members (excludes halogenated alkanes) is 7.